The molecular weight excluding hydrogens is 196 g/mol. The summed E-state index contributed by atoms with van der Waals surface area (Å²) in [4.78, 5) is 21.5. The zero-order valence-electron chi connectivity index (χ0n) is 8.01. The summed E-state index contributed by atoms with van der Waals surface area (Å²) in [6.45, 7) is 0. The van der Waals surface area contributed by atoms with Gasteiger partial charge in [-0.15, -0.1) is 0 Å². The molecule has 0 aliphatic rings. The molecule has 0 saturated carbocycles. The van der Waals surface area contributed by atoms with Gasteiger partial charge in [-0.05, 0) is 11.6 Å². The number of amides is 1. The maximum atomic E-state index is 11.0. The van der Waals surface area contributed by atoms with Crippen LogP contribution in [0.5, 0.6) is 0 Å². The highest BCUT2D eigenvalue weighted by Crippen LogP contribution is 2.18. The molecule has 1 aromatic carbocycles. The normalized spacial score (nSPS) is 12.1. The van der Waals surface area contributed by atoms with E-state index in [0.29, 0.717) is 5.56 Å². The first-order valence-electron chi connectivity index (χ1n) is 4.38. The number of aliphatic carboxylic acids is 1. The Morgan fingerprint density at radius 1 is 1.33 bits per heavy atom. The topological polar surface area (TPSA) is 106 Å². The predicted molar refractivity (Wildman–Crippen MR) is 54.1 cm³/mol. The largest absolute Gasteiger partial charge is 0.481 e. The summed E-state index contributed by atoms with van der Waals surface area (Å²) in [6.07, 6.45) is -0.232. The fraction of sp³-hybridized carbons (Fsp3) is 0.200. The molecule has 0 spiro atoms. The minimum atomic E-state index is -1.01. The molecule has 0 radical (unpaired) electrons. The number of carbonyl (C=O) groups is 2. The van der Waals surface area contributed by atoms with Crippen LogP contribution in [0.25, 0.3) is 0 Å². The van der Waals surface area contributed by atoms with E-state index >= 15 is 0 Å². The average molecular weight is 208 g/mol. The number of hydrogen-bond donors (Lipinski definition) is 3. The quantitative estimate of drug-likeness (QED) is 0.659. The Bertz CT molecular complexity index is 390. The lowest BCUT2D eigenvalue weighted by atomic mass is 9.98. The number of carboxylic acids is 1. The molecule has 0 heterocycles. The number of benzene rings is 1. The number of rotatable bonds is 4. The summed E-state index contributed by atoms with van der Waals surface area (Å²) < 4.78 is 0. The van der Waals surface area contributed by atoms with Crippen molar-refractivity contribution >= 4 is 11.9 Å². The lowest BCUT2D eigenvalue weighted by Crippen LogP contribution is -2.21. The van der Waals surface area contributed by atoms with Crippen molar-refractivity contribution in [1.29, 1.82) is 0 Å². The third kappa shape index (κ3) is 2.78. The Balaban J connectivity index is 3.02. The van der Waals surface area contributed by atoms with Gasteiger partial charge in [0.25, 0.3) is 0 Å². The molecule has 0 fully saturated rings. The van der Waals surface area contributed by atoms with E-state index in [9.17, 15) is 9.59 Å². The molecule has 1 rings (SSSR count). The summed E-state index contributed by atoms with van der Waals surface area (Å²) in [5, 5.41) is 8.58. The van der Waals surface area contributed by atoms with Gasteiger partial charge in [-0.3, -0.25) is 9.59 Å². The summed E-state index contributed by atoms with van der Waals surface area (Å²) in [7, 11) is 0. The Labute approximate surface area is 86.7 Å². The second-order valence-corrected chi connectivity index (χ2v) is 3.16. The van der Waals surface area contributed by atoms with Crippen molar-refractivity contribution in [2.75, 3.05) is 0 Å². The van der Waals surface area contributed by atoms with Crippen molar-refractivity contribution < 1.29 is 14.7 Å². The highest BCUT2D eigenvalue weighted by Gasteiger charge is 2.16. The van der Waals surface area contributed by atoms with E-state index in [1.54, 1.807) is 18.2 Å². The zero-order chi connectivity index (χ0) is 11.4. The Morgan fingerprint density at radius 2 is 1.93 bits per heavy atom. The summed E-state index contributed by atoms with van der Waals surface area (Å²) >= 11 is 0. The van der Waals surface area contributed by atoms with Crippen molar-refractivity contribution in [2.24, 2.45) is 11.5 Å². The SMILES string of the molecule is NC(=O)c1ccccc1C(N)CC(=O)O. The number of nitrogens with two attached hydrogens (primary N) is 2. The maximum Gasteiger partial charge on any atom is 0.305 e. The molecular formula is C10H12N2O3. The van der Waals surface area contributed by atoms with Crippen molar-refractivity contribution in [3.05, 3.63) is 35.4 Å². The van der Waals surface area contributed by atoms with Gasteiger partial charge in [0.2, 0.25) is 5.91 Å². The van der Waals surface area contributed by atoms with Gasteiger partial charge in [0.15, 0.2) is 0 Å². The van der Waals surface area contributed by atoms with E-state index < -0.39 is 17.9 Å². The Kier molecular flexibility index (Phi) is 3.41. The molecule has 15 heavy (non-hydrogen) atoms. The van der Waals surface area contributed by atoms with Crippen molar-refractivity contribution in [1.82, 2.24) is 0 Å². The van der Waals surface area contributed by atoms with Crippen molar-refractivity contribution in [2.45, 2.75) is 12.5 Å². The van der Waals surface area contributed by atoms with Crippen LogP contribution in [0.2, 0.25) is 0 Å². The molecule has 0 bridgehead atoms. The van der Waals surface area contributed by atoms with Crippen LogP contribution in [0.3, 0.4) is 0 Å². The molecule has 1 amide bonds. The van der Waals surface area contributed by atoms with Gasteiger partial charge in [0.05, 0.1) is 6.42 Å². The molecule has 0 saturated heterocycles. The molecule has 1 unspecified atom stereocenters. The van der Waals surface area contributed by atoms with Crippen LogP contribution in [-0.4, -0.2) is 17.0 Å². The standard InChI is InChI=1S/C10H12N2O3/c11-8(5-9(13)14)6-3-1-2-4-7(6)10(12)15/h1-4,8H,5,11H2,(H2,12,15)(H,13,14). The lowest BCUT2D eigenvalue weighted by molar-refractivity contribution is -0.137. The molecule has 5 nitrogen and oxygen atoms in total. The fourth-order valence-electron chi connectivity index (χ4n) is 1.34. The third-order valence-corrected chi connectivity index (χ3v) is 2.02. The Hall–Kier alpha value is -1.88. The van der Waals surface area contributed by atoms with E-state index in [-0.39, 0.29) is 12.0 Å². The zero-order valence-corrected chi connectivity index (χ0v) is 8.01. The fourth-order valence-corrected chi connectivity index (χ4v) is 1.34. The molecule has 0 aromatic heterocycles. The molecule has 80 valence electrons. The molecule has 0 aliphatic heterocycles. The summed E-state index contributed by atoms with van der Waals surface area (Å²) in [5.74, 6) is -1.62. The molecule has 1 aromatic rings. The van der Waals surface area contributed by atoms with Gasteiger partial charge >= 0.3 is 5.97 Å². The number of primary amides is 1. The van der Waals surface area contributed by atoms with Crippen LogP contribution >= 0.6 is 0 Å². The smallest absolute Gasteiger partial charge is 0.305 e. The van der Waals surface area contributed by atoms with Gasteiger partial charge in [0, 0.05) is 11.6 Å². The molecule has 5 heteroatoms. The number of carboxylic acid groups (broad SMARTS) is 1. The number of carbonyl (C=O) groups excluding carboxylic acids is 1. The summed E-state index contributed by atoms with van der Waals surface area (Å²) in [6, 6.07) is 5.75. The van der Waals surface area contributed by atoms with Crippen LogP contribution < -0.4 is 11.5 Å². The van der Waals surface area contributed by atoms with Gasteiger partial charge < -0.3 is 16.6 Å². The van der Waals surface area contributed by atoms with E-state index in [2.05, 4.69) is 0 Å². The first-order valence-corrected chi connectivity index (χ1v) is 4.38. The first kappa shape index (κ1) is 11.2. The summed E-state index contributed by atoms with van der Waals surface area (Å²) in [5.41, 5.74) is 11.5. The van der Waals surface area contributed by atoms with Crippen LogP contribution in [0, 0.1) is 0 Å². The monoisotopic (exact) mass is 208 g/mol. The van der Waals surface area contributed by atoms with Gasteiger partial charge in [-0.25, -0.2) is 0 Å². The van der Waals surface area contributed by atoms with Crippen LogP contribution in [0.15, 0.2) is 24.3 Å². The van der Waals surface area contributed by atoms with Crippen LogP contribution in [0.4, 0.5) is 0 Å². The van der Waals surface area contributed by atoms with Gasteiger partial charge in [0.1, 0.15) is 0 Å². The predicted octanol–water partition coefficient (Wildman–Crippen LogP) is 0.260. The highest BCUT2D eigenvalue weighted by atomic mass is 16.4. The van der Waals surface area contributed by atoms with E-state index in [0.717, 1.165) is 0 Å². The second kappa shape index (κ2) is 4.56. The maximum absolute atomic E-state index is 11.0. The highest BCUT2D eigenvalue weighted by molar-refractivity contribution is 5.94. The second-order valence-electron chi connectivity index (χ2n) is 3.16. The third-order valence-electron chi connectivity index (χ3n) is 2.02. The van der Waals surface area contributed by atoms with Crippen molar-refractivity contribution in [3.63, 3.8) is 0 Å². The van der Waals surface area contributed by atoms with Crippen LogP contribution in [-0.2, 0) is 4.79 Å². The first-order chi connectivity index (χ1) is 7.02. The molecule has 0 aliphatic carbocycles. The van der Waals surface area contributed by atoms with Crippen molar-refractivity contribution in [3.8, 4) is 0 Å². The van der Waals surface area contributed by atoms with E-state index in [1.165, 1.54) is 6.07 Å². The lowest BCUT2D eigenvalue weighted by Gasteiger charge is -2.12. The molecule has 5 N–H and O–H groups in total. The number of hydrogen-bond acceptors (Lipinski definition) is 3. The van der Waals surface area contributed by atoms with E-state index in [1.807, 2.05) is 0 Å². The van der Waals surface area contributed by atoms with Gasteiger partial charge in [-0.2, -0.15) is 0 Å². The molecule has 1 atom stereocenters. The Morgan fingerprint density at radius 3 is 2.47 bits per heavy atom. The average Bonchev–Trinajstić information content (AvgIpc) is 2.16. The van der Waals surface area contributed by atoms with E-state index in [4.69, 9.17) is 16.6 Å². The van der Waals surface area contributed by atoms with Gasteiger partial charge in [-0.1, -0.05) is 18.2 Å². The van der Waals surface area contributed by atoms with Crippen LogP contribution in [0.1, 0.15) is 28.4 Å². The minimum absolute atomic E-state index is 0.232. The minimum Gasteiger partial charge on any atom is -0.481 e.